The Morgan fingerprint density at radius 2 is 2.15 bits per heavy atom. The number of carbonyl (C=O) groups is 1. The van der Waals surface area contributed by atoms with Gasteiger partial charge in [-0.15, -0.1) is 0 Å². The Morgan fingerprint density at radius 3 is 3.00 bits per heavy atom. The molecule has 0 radical (unpaired) electrons. The molecule has 0 aromatic heterocycles. The predicted octanol–water partition coefficient (Wildman–Crippen LogP) is 2.07. The summed E-state index contributed by atoms with van der Waals surface area (Å²) >= 11 is 0. The lowest BCUT2D eigenvalue weighted by Crippen LogP contribution is -2.05. The van der Waals surface area contributed by atoms with E-state index >= 15 is 0 Å². The lowest BCUT2D eigenvalue weighted by Gasteiger charge is -2.03. The maximum atomic E-state index is 12.8. The summed E-state index contributed by atoms with van der Waals surface area (Å²) in [5.74, 6) is -0.00837. The van der Waals surface area contributed by atoms with E-state index in [4.69, 9.17) is 4.74 Å². The van der Waals surface area contributed by atoms with Crippen molar-refractivity contribution in [2.24, 2.45) is 0 Å². The zero-order valence-electron chi connectivity index (χ0n) is 7.05. The van der Waals surface area contributed by atoms with Crippen molar-refractivity contribution in [1.82, 2.24) is 0 Å². The van der Waals surface area contributed by atoms with Crippen LogP contribution in [0.25, 0.3) is 0 Å². The van der Waals surface area contributed by atoms with Gasteiger partial charge in [-0.2, -0.15) is 0 Å². The third-order valence-electron chi connectivity index (χ3n) is 2.07. The Hall–Kier alpha value is -1.38. The molecule has 0 spiro atoms. The van der Waals surface area contributed by atoms with E-state index in [1.165, 1.54) is 18.2 Å². The Bertz CT molecular complexity index is 347. The normalized spacial score (nSPS) is 15.9. The minimum atomic E-state index is -0.281. The number of esters is 1. The summed E-state index contributed by atoms with van der Waals surface area (Å²) in [5, 5.41) is 0. The molecule has 2 rings (SSSR count). The van der Waals surface area contributed by atoms with Gasteiger partial charge in [-0.1, -0.05) is 0 Å². The van der Waals surface area contributed by atoms with E-state index < -0.39 is 0 Å². The number of halogens is 1. The highest BCUT2D eigenvalue weighted by Crippen LogP contribution is 2.24. The Balaban J connectivity index is 2.40. The first-order valence-corrected chi connectivity index (χ1v) is 4.25. The van der Waals surface area contributed by atoms with Gasteiger partial charge in [-0.25, -0.2) is 4.39 Å². The summed E-state index contributed by atoms with van der Waals surface area (Å²) in [5.41, 5.74) is 0.783. The summed E-state index contributed by atoms with van der Waals surface area (Å²) in [4.78, 5) is 11.0. The van der Waals surface area contributed by atoms with Crippen LogP contribution in [0.3, 0.4) is 0 Å². The van der Waals surface area contributed by atoms with Crippen LogP contribution in [0.4, 0.5) is 4.39 Å². The number of rotatable bonds is 0. The first kappa shape index (κ1) is 8.23. The van der Waals surface area contributed by atoms with Gasteiger partial charge in [-0.05, 0) is 36.6 Å². The second-order valence-corrected chi connectivity index (χ2v) is 3.08. The number of benzene rings is 1. The molecule has 0 saturated carbocycles. The summed E-state index contributed by atoms with van der Waals surface area (Å²) < 4.78 is 17.8. The lowest BCUT2D eigenvalue weighted by molar-refractivity contribution is -0.134. The van der Waals surface area contributed by atoms with Crippen LogP contribution in [0.15, 0.2) is 18.2 Å². The number of ether oxygens (including phenoxy) is 1. The number of carbonyl (C=O) groups excluding carboxylic acids is 1. The highest BCUT2D eigenvalue weighted by Gasteiger charge is 2.14. The number of hydrogen-bond acceptors (Lipinski definition) is 2. The maximum Gasteiger partial charge on any atom is 0.311 e. The van der Waals surface area contributed by atoms with Crippen molar-refractivity contribution < 1.29 is 13.9 Å². The van der Waals surface area contributed by atoms with Crippen LogP contribution < -0.4 is 4.74 Å². The van der Waals surface area contributed by atoms with Gasteiger partial charge in [0.15, 0.2) is 0 Å². The molecule has 1 aliphatic rings. The summed E-state index contributed by atoms with van der Waals surface area (Å²) in [6, 6.07) is 4.24. The predicted molar refractivity (Wildman–Crippen MR) is 45.0 cm³/mol. The van der Waals surface area contributed by atoms with Crippen LogP contribution in [0.2, 0.25) is 0 Å². The van der Waals surface area contributed by atoms with Gasteiger partial charge in [0.05, 0.1) is 0 Å². The molecular formula is C10H9FO2. The standard InChI is InChI=1S/C10H9FO2/c11-8-4-5-9-7(6-8)2-1-3-10(12)13-9/h4-6H,1-3H2. The minimum Gasteiger partial charge on any atom is -0.426 e. The molecule has 0 amide bonds. The number of fused-ring (bicyclic) bond motifs is 1. The summed E-state index contributed by atoms with van der Waals surface area (Å²) in [7, 11) is 0. The van der Waals surface area contributed by atoms with Crippen molar-refractivity contribution in [3.63, 3.8) is 0 Å². The average molecular weight is 180 g/mol. The monoisotopic (exact) mass is 180 g/mol. The van der Waals surface area contributed by atoms with Gasteiger partial charge in [0, 0.05) is 6.42 Å². The second kappa shape index (κ2) is 3.17. The molecule has 2 nitrogen and oxygen atoms in total. The maximum absolute atomic E-state index is 12.8. The topological polar surface area (TPSA) is 26.3 Å². The van der Waals surface area contributed by atoms with Crippen LogP contribution in [0.5, 0.6) is 5.75 Å². The van der Waals surface area contributed by atoms with Gasteiger partial charge < -0.3 is 4.74 Å². The van der Waals surface area contributed by atoms with Gasteiger partial charge >= 0.3 is 5.97 Å². The van der Waals surface area contributed by atoms with E-state index in [2.05, 4.69) is 0 Å². The van der Waals surface area contributed by atoms with Crippen LogP contribution in [0, 0.1) is 5.82 Å². The largest absolute Gasteiger partial charge is 0.426 e. The molecule has 13 heavy (non-hydrogen) atoms. The molecule has 0 unspecified atom stereocenters. The van der Waals surface area contributed by atoms with E-state index in [0.717, 1.165) is 12.0 Å². The molecule has 0 N–H and O–H groups in total. The zero-order chi connectivity index (χ0) is 9.26. The molecule has 0 saturated heterocycles. The van der Waals surface area contributed by atoms with Crippen molar-refractivity contribution in [2.45, 2.75) is 19.3 Å². The minimum absolute atomic E-state index is 0.231. The van der Waals surface area contributed by atoms with E-state index in [-0.39, 0.29) is 11.8 Å². The number of aryl methyl sites for hydroxylation is 1. The SMILES string of the molecule is O=C1CCCc2cc(F)ccc2O1. The van der Waals surface area contributed by atoms with E-state index in [9.17, 15) is 9.18 Å². The molecule has 1 heterocycles. The highest BCUT2D eigenvalue weighted by molar-refractivity contribution is 5.73. The molecule has 3 heteroatoms. The molecule has 1 aromatic carbocycles. The van der Waals surface area contributed by atoms with Gasteiger partial charge in [-0.3, -0.25) is 4.79 Å². The fourth-order valence-corrected chi connectivity index (χ4v) is 1.44. The highest BCUT2D eigenvalue weighted by atomic mass is 19.1. The third kappa shape index (κ3) is 1.69. The van der Waals surface area contributed by atoms with E-state index in [1.807, 2.05) is 0 Å². The van der Waals surface area contributed by atoms with Crippen molar-refractivity contribution in [3.8, 4) is 5.75 Å². The molecule has 0 fully saturated rings. The molecular weight excluding hydrogens is 171 g/mol. The first-order valence-electron chi connectivity index (χ1n) is 4.25. The van der Waals surface area contributed by atoms with Crippen molar-refractivity contribution >= 4 is 5.97 Å². The number of hydrogen-bond donors (Lipinski definition) is 0. The molecule has 0 aliphatic carbocycles. The smallest absolute Gasteiger partial charge is 0.311 e. The Labute approximate surface area is 75.3 Å². The Morgan fingerprint density at radius 1 is 1.31 bits per heavy atom. The second-order valence-electron chi connectivity index (χ2n) is 3.08. The van der Waals surface area contributed by atoms with Crippen molar-refractivity contribution in [1.29, 1.82) is 0 Å². The molecule has 68 valence electrons. The van der Waals surface area contributed by atoms with Crippen LogP contribution in [0.1, 0.15) is 18.4 Å². The van der Waals surface area contributed by atoms with Gasteiger partial charge in [0.25, 0.3) is 0 Å². The lowest BCUT2D eigenvalue weighted by atomic mass is 10.1. The van der Waals surface area contributed by atoms with Crippen LogP contribution >= 0.6 is 0 Å². The molecule has 1 aromatic rings. The fraction of sp³-hybridized carbons (Fsp3) is 0.300. The first-order chi connectivity index (χ1) is 6.25. The van der Waals surface area contributed by atoms with E-state index in [0.29, 0.717) is 18.6 Å². The van der Waals surface area contributed by atoms with Crippen molar-refractivity contribution in [3.05, 3.63) is 29.6 Å². The van der Waals surface area contributed by atoms with E-state index in [1.54, 1.807) is 0 Å². The fourth-order valence-electron chi connectivity index (χ4n) is 1.44. The van der Waals surface area contributed by atoms with Gasteiger partial charge in [0.1, 0.15) is 11.6 Å². The van der Waals surface area contributed by atoms with Crippen LogP contribution in [-0.2, 0) is 11.2 Å². The Kier molecular flexibility index (Phi) is 2.00. The van der Waals surface area contributed by atoms with Crippen LogP contribution in [-0.4, -0.2) is 5.97 Å². The zero-order valence-corrected chi connectivity index (χ0v) is 7.05. The molecule has 1 aliphatic heterocycles. The quantitative estimate of drug-likeness (QED) is 0.451. The van der Waals surface area contributed by atoms with Gasteiger partial charge in [0.2, 0.25) is 0 Å². The molecule has 0 atom stereocenters. The molecule has 0 bridgehead atoms. The van der Waals surface area contributed by atoms with Crippen molar-refractivity contribution in [2.75, 3.05) is 0 Å². The summed E-state index contributed by atoms with van der Waals surface area (Å²) in [6.07, 6.45) is 1.85. The average Bonchev–Trinajstić information content (AvgIpc) is 2.25. The summed E-state index contributed by atoms with van der Waals surface area (Å²) in [6.45, 7) is 0. The third-order valence-corrected chi connectivity index (χ3v) is 2.07.